The summed E-state index contributed by atoms with van der Waals surface area (Å²) < 4.78 is 389. The Bertz CT molecular complexity index is 5460. The van der Waals surface area contributed by atoms with Gasteiger partial charge in [-0.05, 0) is 152 Å². The zero-order valence-corrected chi connectivity index (χ0v) is 42.1. The van der Waals surface area contributed by atoms with Gasteiger partial charge in [0.25, 0.3) is 6.33 Å². The van der Waals surface area contributed by atoms with Crippen LogP contribution >= 0.6 is 0 Å². The number of nitrogens with zero attached hydrogens (tertiary/aromatic N) is 4. The molecule has 0 unspecified atom stereocenters. The molecule has 76 heavy (non-hydrogen) atoms. The van der Waals surface area contributed by atoms with Gasteiger partial charge in [-0.25, -0.2) is 4.98 Å². The first-order valence-electron chi connectivity index (χ1n) is 44.4. The molecule has 13 rings (SSSR count). The number of aryl methyl sites for hydroxylation is 1. The Kier molecular flexibility index (Phi) is 5.39. The van der Waals surface area contributed by atoms with E-state index in [2.05, 4.69) is 18.5 Å². The Hall–Kier alpha value is -6.55. The van der Waals surface area contributed by atoms with E-state index in [0.29, 0.717) is 22.0 Å². The number of fused-ring (bicyclic) bond motifs is 6. The van der Waals surface area contributed by atoms with Crippen LogP contribution in [0.15, 0.2) is 146 Å². The average Bonchev–Trinajstić information content (AvgIpc) is 1.12. The fourth-order valence-corrected chi connectivity index (χ4v) is 10.5. The van der Waals surface area contributed by atoms with Crippen LogP contribution in [0.5, 0.6) is 11.5 Å². The minimum Gasteiger partial charge on any atom is -0.510 e. The molecule has 0 spiro atoms. The van der Waals surface area contributed by atoms with Crippen molar-refractivity contribution in [2.45, 2.75) is 140 Å². The molecular weight excluding hydrogens is 1110 g/mol. The zero-order chi connectivity index (χ0) is 86.5. The van der Waals surface area contributed by atoms with E-state index in [1.165, 1.54) is 53.1 Å². The van der Waals surface area contributed by atoms with E-state index >= 15 is 0 Å². The minimum atomic E-state index is -4.87. The van der Waals surface area contributed by atoms with Gasteiger partial charge in [-0.1, -0.05) is 170 Å². The summed E-state index contributed by atoms with van der Waals surface area (Å²) in [5.74, 6) is 0.182. The smallest absolute Gasteiger partial charge is 0.268 e. The number of imidazole rings is 1. The number of aromatic nitrogens is 4. The summed E-state index contributed by atoms with van der Waals surface area (Å²) in [7, 11) is 0. The van der Waals surface area contributed by atoms with E-state index in [-0.39, 0.29) is 66.6 Å². The molecule has 0 amide bonds. The molecule has 1 fully saturated rings. The molecule has 5 nitrogen and oxygen atoms in total. The molecule has 3 heterocycles. The Morgan fingerprint density at radius 2 is 1.25 bits per heavy atom. The summed E-state index contributed by atoms with van der Waals surface area (Å²) in [6, 6.07) is 20.5. The largest absolute Gasteiger partial charge is 0.510 e. The molecule has 10 aromatic rings. The fourth-order valence-electron chi connectivity index (χ4n) is 10.5. The normalized spacial score (nSPS) is 29.4. The van der Waals surface area contributed by atoms with Gasteiger partial charge in [0.2, 0.25) is 0 Å². The van der Waals surface area contributed by atoms with Crippen molar-refractivity contribution in [2.75, 3.05) is 0 Å². The van der Waals surface area contributed by atoms with Gasteiger partial charge in [-0.3, -0.25) is 4.57 Å². The van der Waals surface area contributed by atoms with Gasteiger partial charge in [0.1, 0.15) is 5.82 Å². The van der Waals surface area contributed by atoms with Gasteiger partial charge >= 0.3 is 0 Å². The van der Waals surface area contributed by atoms with Gasteiger partial charge < -0.3 is 13.9 Å². The van der Waals surface area contributed by atoms with Crippen molar-refractivity contribution in [1.29, 1.82) is 0 Å². The number of para-hydroxylation sites is 4. The monoisotopic (exact) mass is 1220 g/mol. The van der Waals surface area contributed by atoms with Crippen LogP contribution in [0.1, 0.15) is 201 Å². The molecule has 0 aliphatic heterocycles. The average molecular weight is 1220 g/mol. The maximum atomic E-state index is 10.4. The van der Waals surface area contributed by atoms with Crippen molar-refractivity contribution in [3.63, 3.8) is 0 Å². The summed E-state index contributed by atoms with van der Waals surface area (Å²) >= 11 is 0. The van der Waals surface area contributed by atoms with Crippen LogP contribution in [0, 0.1) is 25.3 Å². The fraction of sp³-hybridized carbons (Fsp3) is 0.314. The first-order valence-corrected chi connectivity index (χ1v) is 23.9. The van der Waals surface area contributed by atoms with Crippen molar-refractivity contribution in [1.82, 2.24) is 14.1 Å². The number of rotatable bonds is 8. The van der Waals surface area contributed by atoms with Crippen molar-refractivity contribution in [3.8, 4) is 50.9 Å². The topological polar surface area (TPSA) is 35.9 Å². The van der Waals surface area contributed by atoms with Crippen molar-refractivity contribution >= 4 is 32.8 Å². The van der Waals surface area contributed by atoms with E-state index in [9.17, 15) is 19.2 Å². The summed E-state index contributed by atoms with van der Waals surface area (Å²) in [5, 5.41) is 1.37. The van der Waals surface area contributed by atoms with Crippen LogP contribution < -0.4 is 9.30 Å². The second-order valence-electron chi connectivity index (χ2n) is 19.0. The predicted octanol–water partition coefficient (Wildman–Crippen LogP) is 17.6. The Labute approximate surface area is 521 Å². The van der Waals surface area contributed by atoms with Crippen LogP contribution in [0.2, 0.25) is 0 Å². The third kappa shape index (κ3) is 8.39. The molecule has 0 N–H and O–H groups in total. The number of benzene rings is 7. The molecule has 6 heteroatoms. The molecular formula is C70H68N4OPt-2. The molecule has 3 aromatic heterocycles. The summed E-state index contributed by atoms with van der Waals surface area (Å²) in [5.41, 5.74) is -30.5. The van der Waals surface area contributed by atoms with Gasteiger partial charge in [0.15, 0.2) is 0 Å². The Morgan fingerprint density at radius 1 is 0.645 bits per heavy atom. The molecule has 3 aliphatic carbocycles. The van der Waals surface area contributed by atoms with Crippen LogP contribution in [0.3, 0.4) is 0 Å². The quantitative estimate of drug-likeness (QED) is 0.112. The number of ether oxygens (including phenoxy) is 1. The molecule has 0 atom stereocenters. The van der Waals surface area contributed by atoms with Crippen molar-refractivity contribution in [2.24, 2.45) is 0 Å². The summed E-state index contributed by atoms with van der Waals surface area (Å²) in [4.78, 5) is 4.84. The Balaban J connectivity index is 0.0000126. The molecule has 0 radical (unpaired) electrons. The van der Waals surface area contributed by atoms with Gasteiger partial charge in [0.05, 0.1) is 24.9 Å². The summed E-state index contributed by atoms with van der Waals surface area (Å²) in [6.07, 6.45) is -11.3. The van der Waals surface area contributed by atoms with Gasteiger partial charge in [0, 0.05) is 92.3 Å². The van der Waals surface area contributed by atoms with E-state index in [0.717, 1.165) is 53.8 Å². The molecule has 0 saturated heterocycles. The zero-order valence-electron chi connectivity index (χ0n) is 80.8. The van der Waals surface area contributed by atoms with Crippen LogP contribution in [-0.2, 0) is 42.7 Å². The van der Waals surface area contributed by atoms with Crippen molar-refractivity contribution in [3.05, 3.63) is 197 Å². The minimum absolute atomic E-state index is 0. The van der Waals surface area contributed by atoms with E-state index in [1.807, 2.05) is 18.2 Å². The molecule has 7 aromatic carbocycles. The third-order valence-corrected chi connectivity index (χ3v) is 14.1. The van der Waals surface area contributed by atoms with Crippen molar-refractivity contribution < 1.29 is 86.6 Å². The maximum absolute atomic E-state index is 10.4. The van der Waals surface area contributed by atoms with Gasteiger partial charge in [-0.2, -0.15) is 18.2 Å². The summed E-state index contributed by atoms with van der Waals surface area (Å²) in [6.45, 7) is -39.1. The van der Waals surface area contributed by atoms with E-state index in [4.69, 9.17) is 46.7 Å². The Morgan fingerprint density at radius 3 is 1.91 bits per heavy atom. The number of hydrogen-bond donors (Lipinski definition) is 0. The van der Waals surface area contributed by atoms with Gasteiger partial charge in [-0.15, -0.1) is 29.7 Å². The van der Waals surface area contributed by atoms with Crippen LogP contribution in [0.25, 0.3) is 72.3 Å². The molecule has 386 valence electrons. The van der Waals surface area contributed by atoms with Crippen LogP contribution in [-0.4, -0.2) is 14.1 Å². The molecule has 3 aliphatic rings. The third-order valence-electron chi connectivity index (χ3n) is 14.1. The first-order chi connectivity index (χ1) is 52.9. The van der Waals surface area contributed by atoms with E-state index in [1.54, 1.807) is 29.0 Å². The molecule has 1 saturated carbocycles. The molecule has 0 bridgehead atoms. The predicted molar refractivity (Wildman–Crippen MR) is 307 cm³/mol. The van der Waals surface area contributed by atoms with Crippen LogP contribution in [0.4, 0.5) is 0 Å². The standard InChI is InChI=1S/C70H68N4O.Pt/c1-45-38-65(71-43-56(45)46-18-10-11-19-46)74-61-25-13-12-22-54(61)55-31-30-51(42-64(55)74)75-50-21-16-20-49(41-50)72-44-73(63-27-15-14-26-62(63)72)66-52(47-28-32-57-59(39-47)69(6,7)36-34-67(57,2)3)23-17-24-53(66)48-29-33-58-60(40-48)70(8,9)37-35-68(58,4)5;/h12-17,20-33,38-40,43,46H,10-11,18-19,34-37H2,1-9H3;/q-2;/i1D3,2D3,3D3,4D3,5D3,6D3,7D3,8D3,9D3,28D,29D,32D,33D,34D2,35D2,36D2,37D2,39D,40D;. The number of pyridine rings is 1. The maximum Gasteiger partial charge on any atom is 0.268 e. The second-order valence-corrected chi connectivity index (χ2v) is 19.0. The first kappa shape index (κ1) is 22.1. The second kappa shape index (κ2) is 18.6. The SMILES string of the molecule is [2H]c1c([2H])c2c(c([2H])c1-c1cccc(-c3c([2H])c([2H])c4c(c3[2H])C(C([2H])([2H])[2H])(C([2H])([2H])[2H])C([2H])([2H])C([2H])([2H])C4(C([2H])([2H])[2H])C([2H])([2H])[2H])c1-[n+]1[c-]n(-c3[c-]c(Oc4[c-]c5c(cc4)c4ccccc4n5-c4cc(C([2H])([2H])[2H])c(C5CCCC5)cn4)ccc3)c3ccccc31)C(C([2H])([2H])[2H])(C([2H])([2H])[2H])C([2H])([2H])C([2H])([2H])C2(C([2H])([2H])[2H])C([2H])([2H])[2H].[Pt]. The van der Waals surface area contributed by atoms with E-state index < -0.39 is 195 Å². The number of hydrogen-bond acceptors (Lipinski definition) is 2.